The smallest absolute Gasteiger partial charge is 0.481 e. The van der Waals surface area contributed by atoms with Crippen molar-refractivity contribution in [3.8, 4) is 5.75 Å². The summed E-state index contributed by atoms with van der Waals surface area (Å²) in [6.45, 7) is 0. The van der Waals surface area contributed by atoms with Crippen molar-refractivity contribution >= 4 is 5.97 Å². The summed E-state index contributed by atoms with van der Waals surface area (Å²) in [5.74, 6) is -1.59. The van der Waals surface area contributed by atoms with Gasteiger partial charge in [0.25, 0.3) is 0 Å². The van der Waals surface area contributed by atoms with Gasteiger partial charge in [0, 0.05) is 0 Å². The van der Waals surface area contributed by atoms with Crippen LogP contribution in [0.15, 0.2) is 24.3 Å². The van der Waals surface area contributed by atoms with Crippen LogP contribution in [-0.4, -0.2) is 28.6 Å². The van der Waals surface area contributed by atoms with Crippen LogP contribution in [0.25, 0.3) is 0 Å². The van der Waals surface area contributed by atoms with Crippen molar-refractivity contribution in [2.45, 2.75) is 43.6 Å². The first-order valence-corrected chi connectivity index (χ1v) is 6.53. The van der Waals surface area contributed by atoms with Crippen LogP contribution >= 0.6 is 0 Å². The first-order valence-electron chi connectivity index (χ1n) is 6.53. The number of hydrogen-bond donors (Lipinski definition) is 2. The van der Waals surface area contributed by atoms with Crippen LogP contribution in [0, 0.1) is 0 Å². The fraction of sp³-hybridized carbons (Fsp3) is 0.500. The van der Waals surface area contributed by atoms with E-state index in [-0.39, 0.29) is 12.0 Å². The molecule has 0 aromatic heterocycles. The number of carboxylic acid groups (broad SMARTS) is 1. The number of alkyl halides is 3. The molecule has 1 aliphatic rings. The van der Waals surface area contributed by atoms with E-state index in [9.17, 15) is 28.2 Å². The molecule has 1 aliphatic carbocycles. The van der Waals surface area contributed by atoms with Crippen molar-refractivity contribution in [3.63, 3.8) is 0 Å². The Balaban J connectivity index is 2.32. The molecule has 1 aromatic carbocycles. The molecule has 2 rings (SSSR count). The van der Waals surface area contributed by atoms with Crippen molar-refractivity contribution < 1.29 is 32.9 Å². The van der Waals surface area contributed by atoms with Gasteiger partial charge in [-0.15, -0.1) is 13.2 Å². The van der Waals surface area contributed by atoms with E-state index >= 15 is 0 Å². The Morgan fingerprint density at radius 1 is 1.24 bits per heavy atom. The lowest BCUT2D eigenvalue weighted by atomic mass is 9.67. The maximum atomic E-state index is 12.1. The number of aliphatic hydroxyl groups is 1. The second kappa shape index (κ2) is 5.55. The Morgan fingerprint density at radius 3 is 2.33 bits per heavy atom. The van der Waals surface area contributed by atoms with Crippen molar-refractivity contribution in [2.75, 3.05) is 0 Å². The van der Waals surface area contributed by atoms with Gasteiger partial charge in [-0.25, -0.2) is 0 Å². The average molecular weight is 304 g/mol. The molecule has 0 bridgehead atoms. The Morgan fingerprint density at radius 2 is 1.86 bits per heavy atom. The number of carboxylic acids is 1. The van der Waals surface area contributed by atoms with E-state index in [1.165, 1.54) is 12.1 Å². The Kier molecular flexibility index (Phi) is 4.13. The molecule has 0 radical (unpaired) electrons. The van der Waals surface area contributed by atoms with E-state index in [1.54, 1.807) is 0 Å². The number of hydrogen-bond acceptors (Lipinski definition) is 3. The highest BCUT2D eigenvalue weighted by Crippen LogP contribution is 2.40. The lowest BCUT2D eigenvalue weighted by Gasteiger charge is -2.38. The third-order valence-corrected chi connectivity index (χ3v) is 3.85. The summed E-state index contributed by atoms with van der Waals surface area (Å²) in [5.41, 5.74) is -1.17. The Bertz CT molecular complexity index is 512. The van der Waals surface area contributed by atoms with Gasteiger partial charge in [0.15, 0.2) is 0 Å². The standard InChI is InChI=1S/C14H15F3O4/c15-14(16,17)21-10-6-4-9(5-7-10)13(12(19)20)8-2-1-3-11(13)18/h4-7,11,18H,1-3,8H2,(H,19,20)/t11-,13+/m0/s1. The lowest BCUT2D eigenvalue weighted by molar-refractivity contribution is -0.274. The number of ether oxygens (including phenoxy) is 1. The number of benzene rings is 1. The average Bonchev–Trinajstić information content (AvgIpc) is 2.38. The van der Waals surface area contributed by atoms with Crippen molar-refractivity contribution in [1.29, 1.82) is 0 Å². The first kappa shape index (κ1) is 15.6. The summed E-state index contributed by atoms with van der Waals surface area (Å²) in [4.78, 5) is 11.6. The quantitative estimate of drug-likeness (QED) is 0.901. The minimum atomic E-state index is -4.80. The SMILES string of the molecule is O=C(O)[C@@]1(c2ccc(OC(F)(F)F)cc2)CCCC[C@@H]1O. The third-order valence-electron chi connectivity index (χ3n) is 3.85. The minimum absolute atomic E-state index is 0.253. The van der Waals surface area contributed by atoms with Gasteiger partial charge in [-0.1, -0.05) is 25.0 Å². The Labute approximate surface area is 119 Å². The maximum absolute atomic E-state index is 12.1. The van der Waals surface area contributed by atoms with Crippen molar-refractivity contribution in [1.82, 2.24) is 0 Å². The molecule has 1 aromatic rings. The van der Waals surface area contributed by atoms with Gasteiger partial charge in [-0.05, 0) is 30.5 Å². The summed E-state index contributed by atoms with van der Waals surface area (Å²) in [5, 5.41) is 19.6. The topological polar surface area (TPSA) is 66.8 Å². The molecule has 4 nitrogen and oxygen atoms in total. The normalized spacial score (nSPS) is 26.4. The Hall–Kier alpha value is -1.76. The molecule has 1 fully saturated rings. The molecule has 1 saturated carbocycles. The number of aliphatic carboxylic acids is 1. The summed E-state index contributed by atoms with van der Waals surface area (Å²) in [6, 6.07) is 4.66. The molecular weight excluding hydrogens is 289 g/mol. The molecule has 0 unspecified atom stereocenters. The van der Waals surface area contributed by atoms with Crippen LogP contribution in [0.1, 0.15) is 31.2 Å². The van der Waals surface area contributed by atoms with E-state index in [4.69, 9.17) is 0 Å². The van der Waals surface area contributed by atoms with Gasteiger partial charge in [-0.2, -0.15) is 0 Å². The number of rotatable bonds is 3. The van der Waals surface area contributed by atoms with Gasteiger partial charge < -0.3 is 14.9 Å². The zero-order valence-corrected chi connectivity index (χ0v) is 11.1. The van der Waals surface area contributed by atoms with Crippen LogP contribution in [0.5, 0.6) is 5.75 Å². The van der Waals surface area contributed by atoms with E-state index in [1.807, 2.05) is 0 Å². The predicted octanol–water partition coefficient (Wildman–Crippen LogP) is 2.84. The van der Waals surface area contributed by atoms with Gasteiger partial charge in [-0.3, -0.25) is 4.79 Å². The molecule has 0 heterocycles. The van der Waals surface area contributed by atoms with Gasteiger partial charge in [0.05, 0.1) is 6.10 Å². The van der Waals surface area contributed by atoms with E-state index in [0.29, 0.717) is 12.8 Å². The summed E-state index contributed by atoms with van der Waals surface area (Å²) < 4.78 is 40.1. The minimum Gasteiger partial charge on any atom is -0.481 e. The van der Waals surface area contributed by atoms with Gasteiger partial charge >= 0.3 is 12.3 Å². The van der Waals surface area contributed by atoms with E-state index < -0.39 is 29.6 Å². The fourth-order valence-electron chi connectivity index (χ4n) is 2.82. The molecule has 2 atom stereocenters. The highest BCUT2D eigenvalue weighted by molar-refractivity contribution is 5.82. The second-order valence-electron chi connectivity index (χ2n) is 5.11. The molecule has 0 amide bonds. The molecule has 0 saturated heterocycles. The molecule has 116 valence electrons. The lowest BCUT2D eigenvalue weighted by Crippen LogP contribution is -2.48. The van der Waals surface area contributed by atoms with Gasteiger partial charge in [0.2, 0.25) is 0 Å². The van der Waals surface area contributed by atoms with Crippen LogP contribution in [0.3, 0.4) is 0 Å². The zero-order chi connectivity index (χ0) is 15.7. The molecule has 7 heteroatoms. The van der Waals surface area contributed by atoms with Crippen LogP contribution in [0.4, 0.5) is 13.2 Å². The summed E-state index contributed by atoms with van der Waals surface area (Å²) in [6.07, 6.45) is -3.87. The highest BCUT2D eigenvalue weighted by Gasteiger charge is 2.48. The number of aliphatic hydroxyl groups excluding tert-OH is 1. The fourth-order valence-corrected chi connectivity index (χ4v) is 2.82. The van der Waals surface area contributed by atoms with Crippen molar-refractivity contribution in [3.05, 3.63) is 29.8 Å². The summed E-state index contributed by atoms with van der Waals surface area (Å²) >= 11 is 0. The molecule has 21 heavy (non-hydrogen) atoms. The van der Waals surface area contributed by atoms with E-state index in [0.717, 1.165) is 18.6 Å². The second-order valence-corrected chi connectivity index (χ2v) is 5.11. The van der Waals surface area contributed by atoms with Crippen LogP contribution in [0.2, 0.25) is 0 Å². The molecule has 2 N–H and O–H groups in total. The van der Waals surface area contributed by atoms with Crippen molar-refractivity contribution in [2.24, 2.45) is 0 Å². The third kappa shape index (κ3) is 3.12. The molecular formula is C14H15F3O4. The number of carbonyl (C=O) groups is 1. The maximum Gasteiger partial charge on any atom is 0.573 e. The molecule has 0 aliphatic heterocycles. The summed E-state index contributed by atoms with van der Waals surface area (Å²) in [7, 11) is 0. The zero-order valence-electron chi connectivity index (χ0n) is 11.1. The largest absolute Gasteiger partial charge is 0.573 e. The predicted molar refractivity (Wildman–Crippen MR) is 66.9 cm³/mol. The van der Waals surface area contributed by atoms with E-state index in [2.05, 4.69) is 4.74 Å². The number of halogens is 3. The van der Waals surface area contributed by atoms with Gasteiger partial charge in [0.1, 0.15) is 11.2 Å². The first-order chi connectivity index (χ1) is 9.75. The molecule has 0 spiro atoms. The van der Waals surface area contributed by atoms with Crippen LogP contribution in [-0.2, 0) is 10.2 Å². The monoisotopic (exact) mass is 304 g/mol. The highest BCUT2D eigenvalue weighted by atomic mass is 19.4. The van der Waals surface area contributed by atoms with Crippen LogP contribution < -0.4 is 4.74 Å².